The van der Waals surface area contributed by atoms with E-state index in [4.69, 9.17) is 42.5 Å². The fourth-order valence-electron chi connectivity index (χ4n) is 4.65. The van der Waals surface area contributed by atoms with Crippen LogP contribution in [-0.2, 0) is 6.61 Å². The number of methoxy groups -OCH3 is 2. The van der Waals surface area contributed by atoms with Crippen LogP contribution < -0.4 is 14.2 Å². The normalized spacial score (nSPS) is 12.3. The van der Waals surface area contributed by atoms with Crippen LogP contribution in [-0.4, -0.2) is 52.4 Å². The Balaban J connectivity index is 1.82. The van der Waals surface area contributed by atoms with Crippen LogP contribution in [0.3, 0.4) is 0 Å². The third-order valence-electron chi connectivity index (χ3n) is 6.99. The standard InChI is InChI=1S/C30H30Cl2N4O4/c1-16-8-21(28(39-7)33-14-16)20-12-22-25(13-24(20)38-6)40-15-23-26(29(37)35(5)30(2,3)4)34-36(27(22)23)19-10-17(31)9-18(32)11-19/h8-14H,15H2,1-7H3. The highest BCUT2D eigenvalue weighted by Crippen LogP contribution is 2.47. The maximum absolute atomic E-state index is 13.8. The maximum atomic E-state index is 13.8. The summed E-state index contributed by atoms with van der Waals surface area (Å²) in [6.07, 6.45) is 1.75. The molecule has 0 saturated carbocycles. The van der Waals surface area contributed by atoms with E-state index in [9.17, 15) is 4.79 Å². The number of nitrogens with zero attached hydrogens (tertiary/aromatic N) is 4. The fourth-order valence-corrected chi connectivity index (χ4v) is 5.17. The Kier molecular flexibility index (Phi) is 7.18. The quantitative estimate of drug-likeness (QED) is 0.253. The minimum atomic E-state index is -0.421. The predicted octanol–water partition coefficient (Wildman–Crippen LogP) is 7.00. The second-order valence-corrected chi connectivity index (χ2v) is 11.5. The number of carbonyl (C=O) groups is 1. The zero-order valence-electron chi connectivity index (χ0n) is 23.4. The number of fused-ring (bicyclic) bond motifs is 3. The summed E-state index contributed by atoms with van der Waals surface area (Å²) in [7, 11) is 4.95. The zero-order valence-corrected chi connectivity index (χ0v) is 24.9. The van der Waals surface area contributed by atoms with E-state index >= 15 is 0 Å². The monoisotopic (exact) mass is 580 g/mol. The van der Waals surface area contributed by atoms with Gasteiger partial charge in [-0.1, -0.05) is 23.2 Å². The average molecular weight is 582 g/mol. The molecule has 0 N–H and O–H groups in total. The number of benzene rings is 2. The molecule has 2 aromatic carbocycles. The van der Waals surface area contributed by atoms with E-state index in [1.54, 1.807) is 55.2 Å². The molecule has 0 atom stereocenters. The summed E-state index contributed by atoms with van der Waals surface area (Å²) in [4.78, 5) is 19.9. The molecule has 0 aliphatic carbocycles. The van der Waals surface area contributed by atoms with Crippen molar-refractivity contribution in [3.63, 3.8) is 0 Å². The fraction of sp³-hybridized carbons (Fsp3) is 0.300. The number of carbonyl (C=O) groups excluding carboxylic acids is 1. The molecule has 4 aromatic rings. The molecule has 0 radical (unpaired) electrons. The van der Waals surface area contributed by atoms with E-state index in [0.717, 1.165) is 22.3 Å². The Morgan fingerprint density at radius 1 is 1.00 bits per heavy atom. The third kappa shape index (κ3) is 4.86. The Labute approximate surface area is 243 Å². The van der Waals surface area contributed by atoms with Gasteiger partial charge in [0.1, 0.15) is 18.1 Å². The molecular formula is C30H30Cl2N4O4. The van der Waals surface area contributed by atoms with Crippen molar-refractivity contribution in [2.45, 2.75) is 39.8 Å². The van der Waals surface area contributed by atoms with Crippen molar-refractivity contribution in [3.05, 3.63) is 69.5 Å². The Bertz CT molecular complexity index is 1620. The number of amides is 1. The van der Waals surface area contributed by atoms with Gasteiger partial charge in [-0.2, -0.15) is 5.10 Å². The SMILES string of the molecule is COc1cc2c(cc1-c1cc(C)cnc1OC)-c1c(c(C(=O)N(C)C(C)(C)C)nn1-c1cc(Cl)cc(Cl)c1)CO2. The molecule has 2 aromatic heterocycles. The molecule has 0 spiro atoms. The largest absolute Gasteiger partial charge is 0.496 e. The Morgan fingerprint density at radius 3 is 2.33 bits per heavy atom. The van der Waals surface area contributed by atoms with Crippen LogP contribution in [0.2, 0.25) is 10.0 Å². The van der Waals surface area contributed by atoms with E-state index in [1.165, 1.54) is 0 Å². The Morgan fingerprint density at radius 2 is 1.70 bits per heavy atom. The highest BCUT2D eigenvalue weighted by Gasteiger charge is 2.35. The van der Waals surface area contributed by atoms with Gasteiger partial charge in [0.05, 0.1) is 25.6 Å². The van der Waals surface area contributed by atoms with Crippen molar-refractivity contribution >= 4 is 29.1 Å². The maximum Gasteiger partial charge on any atom is 0.274 e. The summed E-state index contributed by atoms with van der Waals surface area (Å²) >= 11 is 12.8. The first-order valence-corrected chi connectivity index (χ1v) is 13.4. The van der Waals surface area contributed by atoms with Crippen molar-refractivity contribution < 1.29 is 19.0 Å². The lowest BCUT2D eigenvalue weighted by molar-refractivity contribution is 0.0646. The van der Waals surface area contributed by atoms with Gasteiger partial charge in [-0.3, -0.25) is 4.79 Å². The molecule has 1 amide bonds. The van der Waals surface area contributed by atoms with Crippen LogP contribution in [0.1, 0.15) is 42.4 Å². The van der Waals surface area contributed by atoms with Gasteiger partial charge in [-0.05, 0) is 63.6 Å². The molecule has 8 nitrogen and oxygen atoms in total. The second kappa shape index (κ2) is 10.3. The highest BCUT2D eigenvalue weighted by molar-refractivity contribution is 6.34. The number of rotatable bonds is 5. The summed E-state index contributed by atoms with van der Waals surface area (Å²) in [6, 6.07) is 10.9. The number of pyridine rings is 1. The predicted molar refractivity (Wildman–Crippen MR) is 156 cm³/mol. The summed E-state index contributed by atoms with van der Waals surface area (Å²) in [6.45, 7) is 8.02. The van der Waals surface area contributed by atoms with Gasteiger partial charge in [-0.15, -0.1) is 0 Å². The number of halogens is 2. The van der Waals surface area contributed by atoms with E-state index < -0.39 is 5.54 Å². The highest BCUT2D eigenvalue weighted by atomic mass is 35.5. The van der Waals surface area contributed by atoms with Crippen molar-refractivity contribution in [2.75, 3.05) is 21.3 Å². The van der Waals surface area contributed by atoms with E-state index in [1.807, 2.05) is 45.9 Å². The smallest absolute Gasteiger partial charge is 0.274 e. The summed E-state index contributed by atoms with van der Waals surface area (Å²) in [5.41, 5.74) is 5.05. The lowest BCUT2D eigenvalue weighted by atomic mass is 9.95. The van der Waals surface area contributed by atoms with Gasteiger partial charge >= 0.3 is 0 Å². The van der Waals surface area contributed by atoms with Gasteiger partial charge in [0.15, 0.2) is 5.69 Å². The molecule has 1 aliphatic heterocycles. The molecule has 40 heavy (non-hydrogen) atoms. The lowest BCUT2D eigenvalue weighted by Crippen LogP contribution is -2.43. The van der Waals surface area contributed by atoms with Crippen molar-refractivity contribution in [3.8, 4) is 45.5 Å². The number of aryl methyl sites for hydroxylation is 1. The van der Waals surface area contributed by atoms with Crippen LogP contribution in [0, 0.1) is 6.92 Å². The van der Waals surface area contributed by atoms with Crippen LogP contribution in [0.15, 0.2) is 42.6 Å². The zero-order chi connectivity index (χ0) is 28.9. The van der Waals surface area contributed by atoms with Crippen LogP contribution >= 0.6 is 23.2 Å². The summed E-state index contributed by atoms with van der Waals surface area (Å²) in [5.74, 6) is 1.42. The molecule has 10 heteroatoms. The molecule has 3 heterocycles. The first kappa shape index (κ1) is 27.8. The van der Waals surface area contributed by atoms with Crippen molar-refractivity contribution in [1.29, 1.82) is 0 Å². The lowest BCUT2D eigenvalue weighted by Gasteiger charge is -2.31. The van der Waals surface area contributed by atoms with Crippen LogP contribution in [0.25, 0.3) is 28.1 Å². The van der Waals surface area contributed by atoms with Gasteiger partial charge in [0.25, 0.3) is 5.91 Å². The first-order valence-electron chi connectivity index (χ1n) is 12.7. The van der Waals surface area contributed by atoms with E-state index in [2.05, 4.69) is 4.98 Å². The number of hydrogen-bond acceptors (Lipinski definition) is 6. The van der Waals surface area contributed by atoms with Crippen molar-refractivity contribution in [1.82, 2.24) is 19.7 Å². The van der Waals surface area contributed by atoms with Gasteiger partial charge in [-0.25, -0.2) is 9.67 Å². The molecule has 0 unspecified atom stereocenters. The van der Waals surface area contributed by atoms with Gasteiger partial charge in [0.2, 0.25) is 5.88 Å². The summed E-state index contributed by atoms with van der Waals surface area (Å²) < 4.78 is 19.3. The Hall–Kier alpha value is -3.75. The van der Waals surface area contributed by atoms with Crippen LogP contribution in [0.4, 0.5) is 0 Å². The molecule has 0 bridgehead atoms. The first-order chi connectivity index (χ1) is 18.9. The topological polar surface area (TPSA) is 78.7 Å². The van der Waals surface area contributed by atoms with E-state index in [-0.39, 0.29) is 12.5 Å². The minimum Gasteiger partial charge on any atom is -0.496 e. The minimum absolute atomic E-state index is 0.146. The van der Waals surface area contributed by atoms with Gasteiger partial charge < -0.3 is 19.1 Å². The molecule has 1 aliphatic rings. The summed E-state index contributed by atoms with van der Waals surface area (Å²) in [5, 5.41) is 5.73. The molecule has 0 saturated heterocycles. The third-order valence-corrected chi connectivity index (χ3v) is 7.43. The number of aromatic nitrogens is 3. The van der Waals surface area contributed by atoms with Crippen LogP contribution in [0.5, 0.6) is 17.4 Å². The number of ether oxygens (including phenoxy) is 3. The number of hydrogen-bond donors (Lipinski definition) is 0. The van der Waals surface area contributed by atoms with Gasteiger partial charge in [0, 0.05) is 57.1 Å². The van der Waals surface area contributed by atoms with E-state index in [0.29, 0.717) is 50.1 Å². The molecule has 0 fully saturated rings. The molecular weight excluding hydrogens is 551 g/mol. The average Bonchev–Trinajstić information content (AvgIpc) is 3.30. The molecule has 5 rings (SSSR count). The molecule has 208 valence electrons. The van der Waals surface area contributed by atoms with Crippen molar-refractivity contribution in [2.24, 2.45) is 0 Å². The second-order valence-electron chi connectivity index (χ2n) is 10.7.